The third-order valence-corrected chi connectivity index (χ3v) is 4.42. The fraction of sp³-hybridized carbons (Fsp3) is 0.211. The number of hydrogen-bond donors (Lipinski definition) is 1. The molecule has 0 radical (unpaired) electrons. The van der Waals surface area contributed by atoms with Crippen LogP contribution in [0.15, 0.2) is 54.9 Å². The number of carboxylic acid groups (broad SMARTS) is 1. The molecule has 4 rings (SSSR count). The molecule has 0 fully saturated rings. The molecule has 3 aromatic rings. The first kappa shape index (κ1) is 18.8. The van der Waals surface area contributed by atoms with Crippen LogP contribution in [0.25, 0.3) is 5.82 Å². The van der Waals surface area contributed by atoms with Crippen molar-refractivity contribution in [2.45, 2.75) is 19.5 Å². The van der Waals surface area contributed by atoms with E-state index in [9.17, 15) is 9.90 Å². The van der Waals surface area contributed by atoms with Gasteiger partial charge in [0.05, 0.1) is 5.69 Å². The predicted molar refractivity (Wildman–Crippen MR) is 99.7 cm³/mol. The Hall–Kier alpha value is -1.99. The summed E-state index contributed by atoms with van der Waals surface area (Å²) >= 11 is 0. The van der Waals surface area contributed by atoms with Crippen molar-refractivity contribution in [3.05, 3.63) is 77.2 Å². The van der Waals surface area contributed by atoms with Gasteiger partial charge < -0.3 is 5.11 Å². The zero-order chi connectivity index (χ0) is 17.2. The molecule has 0 unspecified atom stereocenters. The summed E-state index contributed by atoms with van der Waals surface area (Å²) in [6.45, 7) is 2.64. The molecule has 3 heterocycles. The molecule has 2 aromatic heterocycles. The van der Waals surface area contributed by atoms with E-state index in [0.29, 0.717) is 5.82 Å². The molecular formula is C19H19N4NaO2. The number of carboxylic acids is 1. The second-order valence-corrected chi connectivity index (χ2v) is 6.17. The second kappa shape index (κ2) is 8.14. The number of fused-ring (bicyclic) bond motifs is 1. The van der Waals surface area contributed by atoms with Crippen molar-refractivity contribution in [2.24, 2.45) is 0 Å². The van der Waals surface area contributed by atoms with E-state index < -0.39 is 5.97 Å². The number of nitrogens with zero attached hydrogens (tertiary/aromatic N) is 4. The zero-order valence-electron chi connectivity index (χ0n) is 13.7. The monoisotopic (exact) mass is 358 g/mol. The summed E-state index contributed by atoms with van der Waals surface area (Å²) < 4.78 is 1.60. The Labute approximate surface area is 173 Å². The van der Waals surface area contributed by atoms with Gasteiger partial charge in [0.15, 0.2) is 5.82 Å². The number of pyridine rings is 1. The molecule has 1 aromatic carbocycles. The zero-order valence-corrected chi connectivity index (χ0v) is 13.7. The molecule has 0 bridgehead atoms. The van der Waals surface area contributed by atoms with E-state index in [0.717, 1.165) is 37.3 Å². The topological polar surface area (TPSA) is 71.2 Å². The van der Waals surface area contributed by atoms with E-state index >= 15 is 0 Å². The summed E-state index contributed by atoms with van der Waals surface area (Å²) in [6, 6.07) is 13.6. The van der Waals surface area contributed by atoms with E-state index in [1.54, 1.807) is 23.0 Å². The summed E-state index contributed by atoms with van der Waals surface area (Å²) in [6.07, 6.45) is 4.34. The van der Waals surface area contributed by atoms with Crippen molar-refractivity contribution in [1.29, 1.82) is 0 Å². The number of hydrogen-bond acceptors (Lipinski definition) is 4. The van der Waals surface area contributed by atoms with E-state index in [4.69, 9.17) is 0 Å². The standard InChI is InChI=1S/C19H18N4O2.Na.H/c24-19(25)16-7-4-9-20-18(16)23-13-15-12-22(10-8-17(15)21-23)11-14-5-2-1-3-6-14;;/h1-7,9,13H,8,10-12H2,(H,24,25);;. The molecule has 6 nitrogen and oxygen atoms in total. The van der Waals surface area contributed by atoms with Gasteiger partial charge in [-0.05, 0) is 17.7 Å². The average molecular weight is 358 g/mol. The number of benzene rings is 1. The Kier molecular flexibility index (Phi) is 5.88. The minimum absolute atomic E-state index is 0. The summed E-state index contributed by atoms with van der Waals surface area (Å²) in [4.78, 5) is 18.0. The summed E-state index contributed by atoms with van der Waals surface area (Å²) in [5, 5.41) is 13.9. The Bertz CT molecular complexity index is 911. The fourth-order valence-electron chi connectivity index (χ4n) is 3.20. The molecule has 0 atom stereocenters. The Morgan fingerprint density at radius 3 is 2.73 bits per heavy atom. The van der Waals surface area contributed by atoms with Crippen LogP contribution in [-0.2, 0) is 19.5 Å². The first-order valence-corrected chi connectivity index (χ1v) is 8.23. The van der Waals surface area contributed by atoms with Gasteiger partial charge in [0, 0.05) is 44.0 Å². The van der Waals surface area contributed by atoms with Gasteiger partial charge in [0.2, 0.25) is 0 Å². The van der Waals surface area contributed by atoms with Crippen LogP contribution in [0.2, 0.25) is 0 Å². The van der Waals surface area contributed by atoms with Crippen LogP contribution in [0.5, 0.6) is 0 Å². The maximum atomic E-state index is 11.4. The maximum absolute atomic E-state index is 11.4. The SMILES string of the molecule is O=C(O)c1cccnc1-n1cc2c(n1)CCN(Cc1ccccc1)C2.[NaH]. The molecule has 0 amide bonds. The number of rotatable bonds is 4. The van der Waals surface area contributed by atoms with Crippen molar-refractivity contribution in [3.8, 4) is 5.82 Å². The normalized spacial score (nSPS) is 13.7. The number of carbonyl (C=O) groups is 1. The van der Waals surface area contributed by atoms with Crippen molar-refractivity contribution in [2.75, 3.05) is 6.54 Å². The molecule has 0 saturated carbocycles. The number of aromatic carboxylic acids is 1. The molecule has 1 aliphatic heterocycles. The Morgan fingerprint density at radius 2 is 1.96 bits per heavy atom. The summed E-state index contributed by atoms with van der Waals surface area (Å²) in [5.41, 5.74) is 3.59. The van der Waals surface area contributed by atoms with Crippen LogP contribution < -0.4 is 0 Å². The van der Waals surface area contributed by atoms with Gasteiger partial charge in [-0.15, -0.1) is 0 Å². The van der Waals surface area contributed by atoms with Crippen LogP contribution in [0, 0.1) is 0 Å². The fourth-order valence-corrected chi connectivity index (χ4v) is 3.20. The van der Waals surface area contributed by atoms with Crippen LogP contribution in [0.4, 0.5) is 0 Å². The minimum atomic E-state index is -0.998. The average Bonchev–Trinajstić information content (AvgIpc) is 3.06. The molecule has 1 N–H and O–H groups in total. The molecule has 128 valence electrons. The van der Waals surface area contributed by atoms with Gasteiger partial charge in [-0.25, -0.2) is 14.5 Å². The first-order chi connectivity index (χ1) is 12.2. The third kappa shape index (κ3) is 3.88. The van der Waals surface area contributed by atoms with E-state index in [1.165, 1.54) is 5.56 Å². The molecule has 0 aliphatic carbocycles. The third-order valence-electron chi connectivity index (χ3n) is 4.42. The molecule has 7 heteroatoms. The van der Waals surface area contributed by atoms with E-state index in [1.807, 2.05) is 12.3 Å². The van der Waals surface area contributed by atoms with Crippen LogP contribution in [-0.4, -0.2) is 66.8 Å². The van der Waals surface area contributed by atoms with Gasteiger partial charge in [-0.3, -0.25) is 4.90 Å². The van der Waals surface area contributed by atoms with E-state index in [2.05, 4.69) is 39.2 Å². The van der Waals surface area contributed by atoms with E-state index in [-0.39, 0.29) is 35.1 Å². The predicted octanol–water partition coefficient (Wildman–Crippen LogP) is 1.88. The van der Waals surface area contributed by atoms with Crippen molar-refractivity contribution >= 4 is 35.5 Å². The molecule has 0 saturated heterocycles. The Morgan fingerprint density at radius 1 is 1.15 bits per heavy atom. The van der Waals surface area contributed by atoms with Crippen molar-refractivity contribution < 1.29 is 9.90 Å². The van der Waals surface area contributed by atoms with Gasteiger partial charge in [0.1, 0.15) is 5.56 Å². The van der Waals surface area contributed by atoms with Crippen molar-refractivity contribution in [1.82, 2.24) is 19.7 Å². The summed E-state index contributed by atoms with van der Waals surface area (Å²) in [7, 11) is 0. The first-order valence-electron chi connectivity index (χ1n) is 8.23. The van der Waals surface area contributed by atoms with Gasteiger partial charge in [0.25, 0.3) is 0 Å². The van der Waals surface area contributed by atoms with Crippen molar-refractivity contribution in [3.63, 3.8) is 0 Å². The quantitative estimate of drug-likeness (QED) is 0.721. The number of aromatic nitrogens is 3. The Balaban J connectivity index is 0.00000196. The van der Waals surface area contributed by atoms with Gasteiger partial charge >= 0.3 is 35.5 Å². The molecule has 0 spiro atoms. The van der Waals surface area contributed by atoms with Gasteiger partial charge in [-0.2, -0.15) is 5.10 Å². The van der Waals surface area contributed by atoms with Gasteiger partial charge in [-0.1, -0.05) is 30.3 Å². The summed E-state index contributed by atoms with van der Waals surface area (Å²) in [5.74, 6) is -0.638. The second-order valence-electron chi connectivity index (χ2n) is 6.17. The van der Waals surface area contributed by atoms with Crippen LogP contribution in [0.3, 0.4) is 0 Å². The molecular weight excluding hydrogens is 339 g/mol. The molecule has 26 heavy (non-hydrogen) atoms. The van der Waals surface area contributed by atoms with Crippen LogP contribution >= 0.6 is 0 Å². The van der Waals surface area contributed by atoms with Crippen LogP contribution in [0.1, 0.15) is 27.2 Å². The molecule has 1 aliphatic rings.